The highest BCUT2D eigenvalue weighted by atomic mass is 35.5. The van der Waals surface area contributed by atoms with Crippen molar-refractivity contribution in [2.24, 2.45) is 0 Å². The maximum Gasteiger partial charge on any atom is 0.343 e. The van der Waals surface area contributed by atoms with Crippen molar-refractivity contribution in [3.05, 3.63) is 65.3 Å². The third-order valence-electron chi connectivity index (χ3n) is 3.72. The summed E-state index contributed by atoms with van der Waals surface area (Å²) in [4.78, 5) is 11.0. The van der Waals surface area contributed by atoms with Crippen molar-refractivity contribution in [1.29, 1.82) is 0 Å². The number of ether oxygens (including phenoxy) is 1. The number of hydrogen-bond acceptors (Lipinski definition) is 2. The van der Waals surface area contributed by atoms with Gasteiger partial charge in [0.05, 0.1) is 6.54 Å². The van der Waals surface area contributed by atoms with E-state index in [4.69, 9.17) is 21.4 Å². The lowest BCUT2D eigenvalue weighted by Gasteiger charge is -2.08. The molecule has 24 heavy (non-hydrogen) atoms. The summed E-state index contributed by atoms with van der Waals surface area (Å²) in [6, 6.07) is 14.1. The first-order chi connectivity index (χ1) is 11.6. The largest absolute Gasteiger partial charge is 0.492 e. The summed E-state index contributed by atoms with van der Waals surface area (Å²) < 4.78 is 21.4. The van der Waals surface area contributed by atoms with E-state index >= 15 is 0 Å². The van der Waals surface area contributed by atoms with Gasteiger partial charge in [0.2, 0.25) is 6.17 Å². The second kappa shape index (κ2) is 6.93. The minimum atomic E-state index is -2.05. The minimum Gasteiger partial charge on any atom is -0.492 e. The number of hydrogen-bond donors (Lipinski definition) is 1. The van der Waals surface area contributed by atoms with Gasteiger partial charge in [-0.05, 0) is 30.3 Å². The van der Waals surface area contributed by atoms with Gasteiger partial charge in [-0.2, -0.15) is 0 Å². The Morgan fingerprint density at radius 3 is 2.62 bits per heavy atom. The fraction of sp³-hybridized carbons (Fsp3) is 0.167. The Morgan fingerprint density at radius 1 is 1.21 bits per heavy atom. The molecule has 1 N–H and O–H groups in total. The van der Waals surface area contributed by atoms with E-state index in [0.29, 0.717) is 29.3 Å². The number of nitrogens with zero attached hydrogens (tertiary/aromatic N) is 1. The van der Waals surface area contributed by atoms with Crippen molar-refractivity contribution in [1.82, 2.24) is 4.57 Å². The zero-order valence-electron chi connectivity index (χ0n) is 12.7. The summed E-state index contributed by atoms with van der Waals surface area (Å²) >= 11 is 5.82. The molecule has 1 atom stereocenters. The van der Waals surface area contributed by atoms with Crippen molar-refractivity contribution in [2.45, 2.75) is 12.7 Å². The van der Waals surface area contributed by atoms with Gasteiger partial charge in [0.15, 0.2) is 0 Å². The third kappa shape index (κ3) is 3.36. The molecule has 0 saturated heterocycles. The number of alkyl halides is 1. The Labute approximate surface area is 143 Å². The van der Waals surface area contributed by atoms with Crippen LogP contribution in [-0.2, 0) is 11.3 Å². The Bertz CT molecular complexity index is 860. The van der Waals surface area contributed by atoms with Gasteiger partial charge >= 0.3 is 5.97 Å². The van der Waals surface area contributed by atoms with Crippen LogP contribution in [0, 0.1) is 0 Å². The zero-order chi connectivity index (χ0) is 17.1. The molecule has 124 valence electrons. The van der Waals surface area contributed by atoms with E-state index in [2.05, 4.69) is 0 Å². The summed E-state index contributed by atoms with van der Waals surface area (Å²) in [5.74, 6) is -0.805. The third-order valence-corrected chi connectivity index (χ3v) is 3.98. The van der Waals surface area contributed by atoms with Gasteiger partial charge in [0.1, 0.15) is 12.4 Å². The average Bonchev–Trinajstić information content (AvgIpc) is 2.95. The summed E-state index contributed by atoms with van der Waals surface area (Å²) in [5, 5.41) is 10.2. The summed E-state index contributed by atoms with van der Waals surface area (Å²) in [7, 11) is 0. The lowest BCUT2D eigenvalue weighted by atomic mass is 10.1. The van der Waals surface area contributed by atoms with E-state index in [1.165, 1.54) is 6.20 Å². The highest BCUT2D eigenvalue weighted by Gasteiger charge is 2.23. The SMILES string of the molecule is O=C(O)C(F)c1cn(CCOc2ccc(Cl)cc2)c2ccccc12. The van der Waals surface area contributed by atoms with Gasteiger partial charge in [-0.25, -0.2) is 9.18 Å². The molecule has 1 heterocycles. The first kappa shape index (κ1) is 16.3. The van der Waals surface area contributed by atoms with E-state index in [1.54, 1.807) is 41.0 Å². The van der Waals surface area contributed by atoms with Gasteiger partial charge in [-0.15, -0.1) is 0 Å². The molecule has 4 nitrogen and oxygen atoms in total. The molecule has 0 spiro atoms. The topological polar surface area (TPSA) is 51.5 Å². The smallest absolute Gasteiger partial charge is 0.343 e. The number of halogens is 2. The van der Waals surface area contributed by atoms with Gasteiger partial charge < -0.3 is 14.4 Å². The number of fused-ring (bicyclic) bond motifs is 1. The van der Waals surface area contributed by atoms with E-state index in [0.717, 1.165) is 5.52 Å². The normalized spacial score (nSPS) is 12.2. The number of carbonyl (C=O) groups is 1. The Morgan fingerprint density at radius 2 is 1.92 bits per heavy atom. The lowest BCUT2D eigenvalue weighted by Crippen LogP contribution is -2.08. The van der Waals surface area contributed by atoms with Crippen LogP contribution in [0.1, 0.15) is 11.7 Å². The summed E-state index contributed by atoms with van der Waals surface area (Å²) in [5.41, 5.74) is 0.931. The monoisotopic (exact) mass is 347 g/mol. The molecule has 0 fully saturated rings. The van der Waals surface area contributed by atoms with Gasteiger partial charge in [-0.3, -0.25) is 0 Å². The molecule has 3 aromatic rings. The minimum absolute atomic E-state index is 0.157. The Balaban J connectivity index is 1.79. The number of para-hydroxylation sites is 1. The van der Waals surface area contributed by atoms with Crippen LogP contribution in [0.4, 0.5) is 4.39 Å². The number of aliphatic carboxylic acids is 1. The molecule has 0 aliphatic rings. The van der Waals surface area contributed by atoms with Crippen LogP contribution in [0.25, 0.3) is 10.9 Å². The molecule has 0 aliphatic carbocycles. The summed E-state index contributed by atoms with van der Waals surface area (Å²) in [6.07, 6.45) is -0.511. The molecule has 0 amide bonds. The van der Waals surface area contributed by atoms with Gasteiger partial charge in [0.25, 0.3) is 0 Å². The Kier molecular flexibility index (Phi) is 4.71. The molecule has 0 radical (unpaired) electrons. The molecular formula is C18H15ClFNO3. The molecular weight excluding hydrogens is 333 g/mol. The van der Waals surface area contributed by atoms with Crippen molar-refractivity contribution in [3.63, 3.8) is 0 Å². The van der Waals surface area contributed by atoms with Crippen LogP contribution in [0.5, 0.6) is 5.75 Å². The molecule has 1 aromatic heterocycles. The molecule has 6 heteroatoms. The van der Waals surface area contributed by atoms with Crippen molar-refractivity contribution >= 4 is 28.5 Å². The maximum absolute atomic E-state index is 14.0. The van der Waals surface area contributed by atoms with Crippen LogP contribution >= 0.6 is 11.6 Å². The van der Waals surface area contributed by atoms with Crippen LogP contribution in [0.2, 0.25) is 5.02 Å². The second-order valence-corrected chi connectivity index (χ2v) is 5.73. The number of aromatic nitrogens is 1. The molecule has 2 aromatic carbocycles. The van der Waals surface area contributed by atoms with Crippen LogP contribution in [-0.4, -0.2) is 22.2 Å². The predicted molar refractivity (Wildman–Crippen MR) is 90.4 cm³/mol. The van der Waals surface area contributed by atoms with E-state index in [1.807, 2.05) is 12.1 Å². The van der Waals surface area contributed by atoms with Crippen LogP contribution in [0.15, 0.2) is 54.7 Å². The standard InChI is InChI=1S/C18H15ClFNO3/c19-12-5-7-13(8-6-12)24-10-9-21-11-15(17(20)18(22)23)14-3-1-2-4-16(14)21/h1-8,11,17H,9-10H2,(H,22,23). The number of benzene rings is 2. The van der Waals surface area contributed by atoms with Crippen LogP contribution < -0.4 is 4.74 Å². The lowest BCUT2D eigenvalue weighted by molar-refractivity contribution is -0.142. The fourth-order valence-electron chi connectivity index (χ4n) is 2.59. The molecule has 3 rings (SSSR count). The predicted octanol–water partition coefficient (Wildman–Crippen LogP) is 4.47. The maximum atomic E-state index is 14.0. The van der Waals surface area contributed by atoms with E-state index in [9.17, 15) is 9.18 Å². The van der Waals surface area contributed by atoms with E-state index < -0.39 is 12.1 Å². The first-order valence-electron chi connectivity index (χ1n) is 7.39. The van der Waals surface area contributed by atoms with E-state index in [-0.39, 0.29) is 5.56 Å². The van der Waals surface area contributed by atoms with Gasteiger partial charge in [0, 0.05) is 27.7 Å². The number of rotatable bonds is 6. The van der Waals surface area contributed by atoms with Crippen molar-refractivity contribution < 1.29 is 19.0 Å². The highest BCUT2D eigenvalue weighted by Crippen LogP contribution is 2.29. The number of carboxylic acid groups (broad SMARTS) is 1. The Hall–Kier alpha value is -2.53. The first-order valence-corrected chi connectivity index (χ1v) is 7.77. The van der Waals surface area contributed by atoms with Crippen molar-refractivity contribution in [2.75, 3.05) is 6.61 Å². The number of carboxylic acids is 1. The molecule has 0 bridgehead atoms. The second-order valence-electron chi connectivity index (χ2n) is 5.30. The van der Waals surface area contributed by atoms with Gasteiger partial charge in [-0.1, -0.05) is 29.8 Å². The van der Waals surface area contributed by atoms with Crippen molar-refractivity contribution in [3.8, 4) is 5.75 Å². The fourth-order valence-corrected chi connectivity index (χ4v) is 2.71. The molecule has 0 saturated carbocycles. The summed E-state index contributed by atoms with van der Waals surface area (Å²) in [6.45, 7) is 0.833. The molecule has 0 aliphatic heterocycles. The highest BCUT2D eigenvalue weighted by molar-refractivity contribution is 6.30. The zero-order valence-corrected chi connectivity index (χ0v) is 13.4. The quantitative estimate of drug-likeness (QED) is 0.715. The molecule has 1 unspecified atom stereocenters. The average molecular weight is 348 g/mol. The van der Waals surface area contributed by atoms with Crippen LogP contribution in [0.3, 0.4) is 0 Å².